The van der Waals surface area contributed by atoms with Crippen LogP contribution in [0.2, 0.25) is 5.02 Å². The van der Waals surface area contributed by atoms with Crippen LogP contribution < -0.4 is 11.9 Å². The predicted molar refractivity (Wildman–Crippen MR) is 49.2 cm³/mol. The lowest BCUT2D eigenvalue weighted by Crippen LogP contribution is -2.02. The number of hydrogen-bond acceptors (Lipinski definition) is 2. The summed E-state index contributed by atoms with van der Waals surface area (Å²) >= 11 is 5.85. The predicted octanol–water partition coefficient (Wildman–Crippen LogP) is 2.00. The lowest BCUT2D eigenvalue weighted by atomic mass is 10.1. The second kappa shape index (κ2) is 5.13. The zero-order valence-electron chi connectivity index (χ0n) is 6.39. The quantitative estimate of drug-likeness (QED) is 0.717. The maximum Gasteiger partial charge on any atom is 0.0438 e. The third kappa shape index (κ3) is 2.89. The van der Waals surface area contributed by atoms with Crippen LogP contribution in [0.5, 0.6) is 0 Å². The molecule has 1 aromatic rings. The molecule has 0 fully saturated rings. The van der Waals surface area contributed by atoms with Crippen LogP contribution >= 0.6 is 11.6 Å². The van der Waals surface area contributed by atoms with Gasteiger partial charge in [0.1, 0.15) is 0 Å². The highest BCUT2D eigenvalue weighted by Gasteiger charge is 1.94. The van der Waals surface area contributed by atoms with E-state index in [0.717, 1.165) is 17.0 Å². The van der Waals surface area contributed by atoms with E-state index in [1.165, 1.54) is 0 Å². The molecule has 11 heavy (non-hydrogen) atoms. The summed E-state index contributed by atoms with van der Waals surface area (Å²) in [5, 5.41) is 0.813. The van der Waals surface area contributed by atoms with E-state index in [9.17, 15) is 0 Å². The van der Waals surface area contributed by atoms with Crippen molar-refractivity contribution in [3.63, 3.8) is 0 Å². The third-order valence-corrected chi connectivity index (χ3v) is 1.74. The van der Waals surface area contributed by atoms with E-state index in [0.29, 0.717) is 6.54 Å². The Hall–Kier alpha value is -0.570. The van der Waals surface area contributed by atoms with E-state index in [-0.39, 0.29) is 6.15 Å². The van der Waals surface area contributed by atoms with Crippen molar-refractivity contribution < 1.29 is 0 Å². The second-order valence-corrected chi connectivity index (χ2v) is 2.54. The summed E-state index contributed by atoms with van der Waals surface area (Å²) < 4.78 is 0. The van der Waals surface area contributed by atoms with Crippen molar-refractivity contribution in [1.29, 1.82) is 0 Å². The van der Waals surface area contributed by atoms with Gasteiger partial charge in [-0.3, -0.25) is 0 Å². The standard InChI is InChI=1S/C8H10ClN.H3N/c9-8-4-2-1-3-7(8)5-6-10;/h1-4H,5-6,10H2;1H3. The Morgan fingerprint density at radius 2 is 1.91 bits per heavy atom. The molecule has 0 spiro atoms. The average molecular weight is 173 g/mol. The normalized spacial score (nSPS) is 8.91. The fourth-order valence-corrected chi connectivity index (χ4v) is 1.09. The van der Waals surface area contributed by atoms with E-state index < -0.39 is 0 Å². The molecule has 0 saturated carbocycles. The molecule has 0 saturated heterocycles. The molecule has 0 aliphatic heterocycles. The molecule has 0 bridgehead atoms. The largest absolute Gasteiger partial charge is 0.344 e. The first-order valence-electron chi connectivity index (χ1n) is 3.28. The molecule has 0 radical (unpaired) electrons. The van der Waals surface area contributed by atoms with Crippen molar-refractivity contribution in [2.45, 2.75) is 6.42 Å². The fourth-order valence-electron chi connectivity index (χ4n) is 0.857. The van der Waals surface area contributed by atoms with Crippen molar-refractivity contribution in [3.8, 4) is 0 Å². The van der Waals surface area contributed by atoms with Gasteiger partial charge in [0.05, 0.1) is 0 Å². The molecule has 0 heterocycles. The lowest BCUT2D eigenvalue weighted by molar-refractivity contribution is 0.969. The Balaban J connectivity index is 0.000001000. The summed E-state index contributed by atoms with van der Waals surface area (Å²) in [5.74, 6) is 0. The minimum atomic E-state index is 0. The zero-order chi connectivity index (χ0) is 7.40. The molecule has 0 amide bonds. The van der Waals surface area contributed by atoms with E-state index in [2.05, 4.69) is 0 Å². The Kier molecular flexibility index (Phi) is 4.86. The molecule has 0 aromatic heterocycles. The zero-order valence-corrected chi connectivity index (χ0v) is 7.14. The third-order valence-electron chi connectivity index (χ3n) is 1.37. The van der Waals surface area contributed by atoms with Crippen molar-refractivity contribution in [2.75, 3.05) is 6.54 Å². The van der Waals surface area contributed by atoms with Gasteiger partial charge in [-0.2, -0.15) is 0 Å². The van der Waals surface area contributed by atoms with Crippen LogP contribution in [0.3, 0.4) is 0 Å². The summed E-state index contributed by atoms with van der Waals surface area (Å²) in [6.07, 6.45) is 0.861. The van der Waals surface area contributed by atoms with Crippen LogP contribution in [-0.4, -0.2) is 6.54 Å². The van der Waals surface area contributed by atoms with E-state index in [4.69, 9.17) is 17.3 Å². The van der Waals surface area contributed by atoms with Gasteiger partial charge in [-0.05, 0) is 24.6 Å². The van der Waals surface area contributed by atoms with Gasteiger partial charge in [0, 0.05) is 5.02 Å². The van der Waals surface area contributed by atoms with E-state index in [1.54, 1.807) is 0 Å². The summed E-state index contributed by atoms with van der Waals surface area (Å²) in [7, 11) is 0. The number of halogens is 1. The van der Waals surface area contributed by atoms with Gasteiger partial charge in [0.15, 0.2) is 0 Å². The highest BCUT2D eigenvalue weighted by molar-refractivity contribution is 6.31. The van der Waals surface area contributed by atoms with Crippen LogP contribution in [0.4, 0.5) is 0 Å². The lowest BCUT2D eigenvalue weighted by Gasteiger charge is -1.99. The monoisotopic (exact) mass is 172 g/mol. The minimum absolute atomic E-state index is 0. The first kappa shape index (κ1) is 10.4. The molecule has 0 aliphatic carbocycles. The van der Waals surface area contributed by atoms with Crippen LogP contribution in [0, 0.1) is 0 Å². The molecule has 0 atom stereocenters. The summed E-state index contributed by atoms with van der Waals surface area (Å²) in [5.41, 5.74) is 6.50. The smallest absolute Gasteiger partial charge is 0.0438 e. The molecule has 0 unspecified atom stereocenters. The molecule has 2 nitrogen and oxygen atoms in total. The van der Waals surface area contributed by atoms with Gasteiger partial charge < -0.3 is 11.9 Å². The van der Waals surface area contributed by atoms with Crippen molar-refractivity contribution in [2.24, 2.45) is 5.73 Å². The van der Waals surface area contributed by atoms with E-state index in [1.807, 2.05) is 24.3 Å². The van der Waals surface area contributed by atoms with Gasteiger partial charge in [0.2, 0.25) is 0 Å². The van der Waals surface area contributed by atoms with E-state index >= 15 is 0 Å². The summed E-state index contributed by atoms with van der Waals surface area (Å²) in [6.45, 7) is 0.656. The van der Waals surface area contributed by atoms with Crippen molar-refractivity contribution in [3.05, 3.63) is 34.9 Å². The summed E-state index contributed by atoms with van der Waals surface area (Å²) in [4.78, 5) is 0. The molecule has 0 aliphatic rings. The first-order valence-corrected chi connectivity index (χ1v) is 3.66. The number of rotatable bonds is 2. The number of benzene rings is 1. The Bertz CT molecular complexity index is 213. The van der Waals surface area contributed by atoms with Gasteiger partial charge in [-0.15, -0.1) is 0 Å². The molecule has 5 N–H and O–H groups in total. The maximum atomic E-state index is 5.85. The minimum Gasteiger partial charge on any atom is -0.344 e. The average Bonchev–Trinajstić information content (AvgIpc) is 1.94. The topological polar surface area (TPSA) is 61.0 Å². The Morgan fingerprint density at radius 1 is 1.27 bits per heavy atom. The van der Waals surface area contributed by atoms with Crippen LogP contribution in [0.15, 0.2) is 24.3 Å². The highest BCUT2D eigenvalue weighted by Crippen LogP contribution is 2.14. The molecule has 1 aromatic carbocycles. The second-order valence-electron chi connectivity index (χ2n) is 2.13. The van der Waals surface area contributed by atoms with Crippen molar-refractivity contribution >= 4 is 11.6 Å². The molecule has 1 rings (SSSR count). The summed E-state index contributed by atoms with van der Waals surface area (Å²) in [6, 6.07) is 7.76. The van der Waals surface area contributed by atoms with Gasteiger partial charge in [-0.1, -0.05) is 29.8 Å². The SMILES string of the molecule is N.NCCc1ccccc1Cl. The Morgan fingerprint density at radius 3 is 2.45 bits per heavy atom. The van der Waals surface area contributed by atoms with Crippen LogP contribution in [-0.2, 0) is 6.42 Å². The van der Waals surface area contributed by atoms with Gasteiger partial charge in [0.25, 0.3) is 0 Å². The highest BCUT2D eigenvalue weighted by atomic mass is 35.5. The number of hydrogen-bond donors (Lipinski definition) is 2. The molecular weight excluding hydrogens is 160 g/mol. The van der Waals surface area contributed by atoms with Gasteiger partial charge >= 0.3 is 0 Å². The number of nitrogens with two attached hydrogens (primary N) is 1. The first-order chi connectivity index (χ1) is 4.84. The fraction of sp³-hybridized carbons (Fsp3) is 0.250. The van der Waals surface area contributed by atoms with Crippen molar-refractivity contribution in [1.82, 2.24) is 6.15 Å². The molecule has 3 heteroatoms. The van der Waals surface area contributed by atoms with Gasteiger partial charge in [-0.25, -0.2) is 0 Å². The molecular formula is C8H13ClN2. The van der Waals surface area contributed by atoms with Crippen LogP contribution in [0.1, 0.15) is 5.56 Å². The Labute approximate surface area is 71.9 Å². The maximum absolute atomic E-state index is 5.85. The van der Waals surface area contributed by atoms with Crippen LogP contribution in [0.25, 0.3) is 0 Å². The molecule has 62 valence electrons.